The molecule has 3 heteroatoms. The third kappa shape index (κ3) is 3.21. The van der Waals surface area contributed by atoms with Gasteiger partial charge in [-0.25, -0.2) is 4.79 Å². The van der Waals surface area contributed by atoms with E-state index in [4.69, 9.17) is 4.74 Å². The molecular weight excluding hydrogens is 202 g/mol. The van der Waals surface area contributed by atoms with Crippen molar-refractivity contribution >= 4 is 6.08 Å². The third-order valence-corrected chi connectivity index (χ3v) is 2.36. The van der Waals surface area contributed by atoms with Crippen molar-refractivity contribution in [3.8, 4) is 5.75 Å². The summed E-state index contributed by atoms with van der Waals surface area (Å²) in [4.78, 5) is 14.2. The molecule has 16 heavy (non-hydrogen) atoms. The summed E-state index contributed by atoms with van der Waals surface area (Å²) in [7, 11) is 0. The predicted octanol–water partition coefficient (Wildman–Crippen LogP) is 3.12. The molecule has 0 aliphatic rings. The zero-order chi connectivity index (χ0) is 12.0. The Morgan fingerprint density at radius 1 is 1.31 bits per heavy atom. The van der Waals surface area contributed by atoms with Crippen molar-refractivity contribution in [3.63, 3.8) is 0 Å². The van der Waals surface area contributed by atoms with Gasteiger partial charge >= 0.3 is 0 Å². The second-order valence-corrected chi connectivity index (χ2v) is 3.91. The van der Waals surface area contributed by atoms with Crippen LogP contribution in [0.25, 0.3) is 0 Å². The Balaban J connectivity index is 2.89. The number of nitrogens with zero attached hydrogens (tertiary/aromatic N) is 1. The molecule has 0 aliphatic heterocycles. The maximum absolute atomic E-state index is 10.3. The monoisotopic (exact) mass is 219 g/mol. The largest absolute Gasteiger partial charge is 0.494 e. The topological polar surface area (TPSA) is 38.7 Å². The summed E-state index contributed by atoms with van der Waals surface area (Å²) < 4.78 is 5.35. The number of isocyanates is 1. The van der Waals surface area contributed by atoms with E-state index in [0.29, 0.717) is 6.61 Å². The standard InChI is InChI=1S/C13H17NO2/c1-4-16-12-7-5-11(6-8-12)13(10(2)3)14-9-15/h5-8,10,13H,4H2,1-3H3. The molecule has 0 amide bonds. The van der Waals surface area contributed by atoms with Gasteiger partial charge in [0.25, 0.3) is 0 Å². The summed E-state index contributed by atoms with van der Waals surface area (Å²) in [5, 5.41) is 0. The van der Waals surface area contributed by atoms with E-state index in [1.807, 2.05) is 45.0 Å². The van der Waals surface area contributed by atoms with Crippen LogP contribution in [-0.2, 0) is 4.79 Å². The van der Waals surface area contributed by atoms with E-state index in [-0.39, 0.29) is 12.0 Å². The van der Waals surface area contributed by atoms with Gasteiger partial charge in [-0.05, 0) is 30.5 Å². The lowest BCUT2D eigenvalue weighted by molar-refractivity contribution is 0.340. The zero-order valence-corrected chi connectivity index (χ0v) is 9.93. The number of carbonyl (C=O) groups excluding carboxylic acids is 1. The zero-order valence-electron chi connectivity index (χ0n) is 9.93. The van der Waals surface area contributed by atoms with E-state index in [1.165, 1.54) is 0 Å². The Labute approximate surface area is 96.2 Å². The predicted molar refractivity (Wildman–Crippen MR) is 63.3 cm³/mol. The number of ether oxygens (including phenoxy) is 1. The van der Waals surface area contributed by atoms with Crippen molar-refractivity contribution in [2.75, 3.05) is 6.61 Å². The van der Waals surface area contributed by atoms with Gasteiger partial charge in [0.1, 0.15) is 5.75 Å². The lowest BCUT2D eigenvalue weighted by Gasteiger charge is -2.15. The number of aliphatic imine (C=N–C) groups is 1. The van der Waals surface area contributed by atoms with Crippen LogP contribution in [0.2, 0.25) is 0 Å². The molecule has 0 saturated carbocycles. The summed E-state index contributed by atoms with van der Waals surface area (Å²) in [6.07, 6.45) is 1.63. The molecule has 1 aromatic rings. The van der Waals surface area contributed by atoms with Crippen molar-refractivity contribution in [1.29, 1.82) is 0 Å². The van der Waals surface area contributed by atoms with Crippen LogP contribution in [0.1, 0.15) is 32.4 Å². The first kappa shape index (κ1) is 12.5. The van der Waals surface area contributed by atoms with Crippen LogP contribution in [0.5, 0.6) is 5.75 Å². The fourth-order valence-corrected chi connectivity index (χ4v) is 1.59. The van der Waals surface area contributed by atoms with E-state index >= 15 is 0 Å². The average Bonchev–Trinajstić information content (AvgIpc) is 2.27. The fourth-order valence-electron chi connectivity index (χ4n) is 1.59. The number of hydrogen-bond acceptors (Lipinski definition) is 3. The van der Waals surface area contributed by atoms with Crippen LogP contribution in [0.4, 0.5) is 0 Å². The van der Waals surface area contributed by atoms with Crippen molar-refractivity contribution in [2.24, 2.45) is 10.9 Å². The molecule has 0 radical (unpaired) electrons. The molecule has 0 fully saturated rings. The van der Waals surface area contributed by atoms with Crippen LogP contribution < -0.4 is 4.74 Å². The first-order valence-corrected chi connectivity index (χ1v) is 5.48. The van der Waals surface area contributed by atoms with Crippen molar-refractivity contribution in [2.45, 2.75) is 26.8 Å². The second kappa shape index (κ2) is 6.09. The lowest BCUT2D eigenvalue weighted by atomic mass is 9.97. The summed E-state index contributed by atoms with van der Waals surface area (Å²) in [6.45, 7) is 6.66. The maximum Gasteiger partial charge on any atom is 0.235 e. The molecule has 1 unspecified atom stereocenters. The second-order valence-electron chi connectivity index (χ2n) is 3.91. The number of rotatable bonds is 5. The highest BCUT2D eigenvalue weighted by Crippen LogP contribution is 2.26. The van der Waals surface area contributed by atoms with Crippen LogP contribution >= 0.6 is 0 Å². The molecule has 0 aliphatic carbocycles. The summed E-state index contributed by atoms with van der Waals surface area (Å²) >= 11 is 0. The Kier molecular flexibility index (Phi) is 4.74. The van der Waals surface area contributed by atoms with Gasteiger partial charge in [0.05, 0.1) is 12.6 Å². The molecule has 86 valence electrons. The maximum atomic E-state index is 10.3. The molecule has 0 saturated heterocycles. The summed E-state index contributed by atoms with van der Waals surface area (Å²) in [5.74, 6) is 1.11. The van der Waals surface area contributed by atoms with Crippen molar-refractivity contribution < 1.29 is 9.53 Å². The van der Waals surface area contributed by atoms with E-state index in [9.17, 15) is 4.79 Å². The highest BCUT2D eigenvalue weighted by molar-refractivity contribution is 5.37. The smallest absolute Gasteiger partial charge is 0.235 e. The minimum Gasteiger partial charge on any atom is -0.494 e. The van der Waals surface area contributed by atoms with Crippen molar-refractivity contribution in [3.05, 3.63) is 29.8 Å². The van der Waals surface area contributed by atoms with Gasteiger partial charge < -0.3 is 4.74 Å². The Bertz CT molecular complexity index is 364. The highest BCUT2D eigenvalue weighted by Gasteiger charge is 2.14. The Morgan fingerprint density at radius 3 is 2.38 bits per heavy atom. The molecular formula is C13H17NO2. The molecule has 0 bridgehead atoms. The average molecular weight is 219 g/mol. The normalized spacial score (nSPS) is 12.0. The number of benzene rings is 1. The molecule has 1 aromatic carbocycles. The minimum absolute atomic E-state index is 0.117. The first-order chi connectivity index (χ1) is 7.69. The van der Waals surface area contributed by atoms with Gasteiger partial charge in [-0.15, -0.1) is 0 Å². The van der Waals surface area contributed by atoms with E-state index < -0.39 is 0 Å². The van der Waals surface area contributed by atoms with E-state index in [0.717, 1.165) is 11.3 Å². The molecule has 3 nitrogen and oxygen atoms in total. The summed E-state index contributed by atoms with van der Waals surface area (Å²) in [5.41, 5.74) is 1.02. The molecule has 1 atom stereocenters. The van der Waals surface area contributed by atoms with E-state index in [2.05, 4.69) is 4.99 Å². The van der Waals surface area contributed by atoms with Gasteiger partial charge in [0.2, 0.25) is 6.08 Å². The Morgan fingerprint density at radius 2 is 1.94 bits per heavy atom. The number of hydrogen-bond donors (Lipinski definition) is 0. The SMILES string of the molecule is CCOc1ccc(C(N=C=O)C(C)C)cc1. The van der Waals surface area contributed by atoms with Crippen LogP contribution in [0.15, 0.2) is 29.3 Å². The van der Waals surface area contributed by atoms with Crippen molar-refractivity contribution in [1.82, 2.24) is 0 Å². The Hall–Kier alpha value is -1.60. The van der Waals surface area contributed by atoms with Crippen LogP contribution in [0, 0.1) is 5.92 Å². The minimum atomic E-state index is -0.117. The molecule has 0 spiro atoms. The first-order valence-electron chi connectivity index (χ1n) is 5.48. The molecule has 0 N–H and O–H groups in total. The van der Waals surface area contributed by atoms with Gasteiger partial charge in [0.15, 0.2) is 0 Å². The fraction of sp³-hybridized carbons (Fsp3) is 0.462. The van der Waals surface area contributed by atoms with Gasteiger partial charge in [0, 0.05) is 0 Å². The highest BCUT2D eigenvalue weighted by atomic mass is 16.5. The van der Waals surface area contributed by atoms with Gasteiger partial charge in [-0.2, -0.15) is 4.99 Å². The molecule has 1 rings (SSSR count). The molecule has 0 aromatic heterocycles. The van der Waals surface area contributed by atoms with Gasteiger partial charge in [-0.3, -0.25) is 0 Å². The molecule has 0 heterocycles. The van der Waals surface area contributed by atoms with Gasteiger partial charge in [-0.1, -0.05) is 26.0 Å². The van der Waals surface area contributed by atoms with E-state index in [1.54, 1.807) is 6.08 Å². The quantitative estimate of drug-likeness (QED) is 0.563. The van der Waals surface area contributed by atoms with Crippen LogP contribution in [0.3, 0.4) is 0 Å². The summed E-state index contributed by atoms with van der Waals surface area (Å²) in [6, 6.07) is 7.56. The lowest BCUT2D eigenvalue weighted by Crippen LogP contribution is -2.03. The van der Waals surface area contributed by atoms with Crippen LogP contribution in [-0.4, -0.2) is 12.7 Å². The third-order valence-electron chi connectivity index (χ3n) is 2.36.